The topological polar surface area (TPSA) is 80.6 Å². The van der Waals surface area contributed by atoms with Crippen molar-refractivity contribution in [1.82, 2.24) is 0 Å². The number of anilines is 2. The first-order valence-electron chi connectivity index (χ1n) is 9.61. The summed E-state index contributed by atoms with van der Waals surface area (Å²) >= 11 is 12.7. The minimum Gasteiger partial charge on any atom is -0.459 e. The van der Waals surface area contributed by atoms with Crippen LogP contribution in [-0.2, 0) is 22.4 Å². The number of hydrogen-bond acceptors (Lipinski definition) is 4. The molecule has 156 valence electrons. The number of carbonyl (C=O) groups excluding carboxylic acids is 2. The van der Waals surface area contributed by atoms with E-state index in [0.717, 1.165) is 36.8 Å². The second-order valence-electron chi connectivity index (χ2n) is 7.11. The largest absolute Gasteiger partial charge is 0.459 e. The highest BCUT2D eigenvalue weighted by Gasteiger charge is 2.23. The van der Waals surface area contributed by atoms with Crippen molar-refractivity contribution in [2.24, 2.45) is 0 Å². The standard InChI is InChI=1S/C22H20Cl2N2O4/c1-29-11-18(27)25-15-10-9-14(23)19(20(15)24)22(28)26-16-7-4-6-13-12-5-2-3-8-17(12)30-21(13)16/h4,6-7,9-10H,2-3,5,8,11H2,1H3,(H,25,27)(H,26,28). The van der Waals surface area contributed by atoms with E-state index < -0.39 is 5.91 Å². The number of fused-ring (bicyclic) bond motifs is 3. The highest BCUT2D eigenvalue weighted by Crippen LogP contribution is 2.37. The van der Waals surface area contributed by atoms with Crippen LogP contribution < -0.4 is 10.6 Å². The molecule has 0 aliphatic heterocycles. The molecule has 0 spiro atoms. The minimum atomic E-state index is -0.491. The van der Waals surface area contributed by atoms with E-state index in [1.54, 1.807) is 6.07 Å². The maximum atomic E-state index is 13.0. The molecule has 0 fully saturated rings. The van der Waals surface area contributed by atoms with Crippen molar-refractivity contribution in [2.45, 2.75) is 25.7 Å². The van der Waals surface area contributed by atoms with Crippen molar-refractivity contribution in [1.29, 1.82) is 0 Å². The molecule has 2 amide bonds. The quantitative estimate of drug-likeness (QED) is 0.545. The number of amides is 2. The van der Waals surface area contributed by atoms with Gasteiger partial charge in [-0.15, -0.1) is 0 Å². The summed E-state index contributed by atoms with van der Waals surface area (Å²) in [6.07, 6.45) is 4.10. The Morgan fingerprint density at radius 3 is 2.67 bits per heavy atom. The summed E-state index contributed by atoms with van der Waals surface area (Å²) < 4.78 is 10.9. The number of para-hydroxylation sites is 1. The van der Waals surface area contributed by atoms with E-state index in [4.69, 9.17) is 32.4 Å². The number of ether oxygens (including phenoxy) is 1. The fourth-order valence-electron chi connectivity index (χ4n) is 3.74. The fraction of sp³-hybridized carbons (Fsp3) is 0.273. The molecule has 0 saturated heterocycles. The van der Waals surface area contributed by atoms with Crippen LogP contribution in [0.5, 0.6) is 0 Å². The Bertz CT molecular complexity index is 1140. The lowest BCUT2D eigenvalue weighted by Crippen LogP contribution is -2.19. The average Bonchev–Trinajstić information content (AvgIpc) is 3.10. The Morgan fingerprint density at radius 1 is 1.07 bits per heavy atom. The van der Waals surface area contributed by atoms with Gasteiger partial charge in [0.15, 0.2) is 5.58 Å². The molecule has 1 aliphatic carbocycles. The van der Waals surface area contributed by atoms with Gasteiger partial charge < -0.3 is 19.8 Å². The molecule has 0 saturated carbocycles. The number of aryl methyl sites for hydroxylation is 2. The lowest BCUT2D eigenvalue weighted by Gasteiger charge is -2.13. The number of nitrogens with one attached hydrogen (secondary N) is 2. The molecule has 1 heterocycles. The third-order valence-electron chi connectivity index (χ3n) is 5.10. The minimum absolute atomic E-state index is 0.0513. The predicted octanol–water partition coefficient (Wildman–Crippen LogP) is 5.46. The van der Waals surface area contributed by atoms with Gasteiger partial charge in [-0.2, -0.15) is 0 Å². The first kappa shape index (κ1) is 20.7. The van der Waals surface area contributed by atoms with Crippen molar-refractivity contribution >= 4 is 57.4 Å². The number of benzene rings is 2. The first-order valence-corrected chi connectivity index (χ1v) is 10.4. The van der Waals surface area contributed by atoms with E-state index in [0.29, 0.717) is 11.3 Å². The first-order chi connectivity index (χ1) is 14.5. The summed E-state index contributed by atoms with van der Waals surface area (Å²) in [6.45, 7) is -0.133. The Balaban J connectivity index is 1.66. The number of rotatable bonds is 5. The van der Waals surface area contributed by atoms with Crippen LogP contribution in [-0.4, -0.2) is 25.5 Å². The number of hydrogen-bond donors (Lipinski definition) is 2. The molecule has 1 aromatic heterocycles. The van der Waals surface area contributed by atoms with E-state index in [2.05, 4.69) is 10.6 Å². The summed E-state index contributed by atoms with van der Waals surface area (Å²) in [5.41, 5.74) is 2.76. The van der Waals surface area contributed by atoms with Crippen LogP contribution in [0, 0.1) is 0 Å². The molecule has 8 heteroatoms. The van der Waals surface area contributed by atoms with Crippen molar-refractivity contribution in [3.8, 4) is 0 Å². The predicted molar refractivity (Wildman–Crippen MR) is 118 cm³/mol. The van der Waals surface area contributed by atoms with Gasteiger partial charge in [0.25, 0.3) is 5.91 Å². The van der Waals surface area contributed by atoms with E-state index in [1.165, 1.54) is 24.8 Å². The van der Waals surface area contributed by atoms with E-state index >= 15 is 0 Å². The third kappa shape index (κ3) is 3.90. The van der Waals surface area contributed by atoms with Crippen LogP contribution in [0.2, 0.25) is 10.0 Å². The highest BCUT2D eigenvalue weighted by molar-refractivity contribution is 6.42. The monoisotopic (exact) mass is 446 g/mol. The van der Waals surface area contributed by atoms with Gasteiger partial charge in [-0.3, -0.25) is 9.59 Å². The molecule has 1 aliphatic rings. The third-order valence-corrected chi connectivity index (χ3v) is 5.81. The van der Waals surface area contributed by atoms with E-state index in [-0.39, 0.29) is 33.8 Å². The molecule has 30 heavy (non-hydrogen) atoms. The Morgan fingerprint density at radius 2 is 1.87 bits per heavy atom. The van der Waals surface area contributed by atoms with Crippen LogP contribution >= 0.6 is 23.2 Å². The van der Waals surface area contributed by atoms with Crippen LogP contribution in [0.15, 0.2) is 34.7 Å². The summed E-state index contributed by atoms with van der Waals surface area (Å²) in [5.74, 6) is 0.102. The molecular formula is C22H20Cl2N2O4. The van der Waals surface area contributed by atoms with Gasteiger partial charge in [0, 0.05) is 24.5 Å². The second kappa shape index (κ2) is 8.68. The highest BCUT2D eigenvalue weighted by atomic mass is 35.5. The van der Waals surface area contributed by atoms with Gasteiger partial charge in [-0.1, -0.05) is 35.3 Å². The lowest BCUT2D eigenvalue weighted by molar-refractivity contribution is -0.119. The lowest BCUT2D eigenvalue weighted by atomic mass is 9.96. The molecule has 0 bridgehead atoms. The molecule has 0 unspecified atom stereocenters. The summed E-state index contributed by atoms with van der Waals surface area (Å²) in [7, 11) is 1.41. The van der Waals surface area contributed by atoms with Gasteiger partial charge in [0.1, 0.15) is 12.4 Å². The maximum Gasteiger partial charge on any atom is 0.258 e. The van der Waals surface area contributed by atoms with Gasteiger partial charge in [-0.25, -0.2) is 0 Å². The average molecular weight is 447 g/mol. The molecule has 3 aromatic rings. The second-order valence-corrected chi connectivity index (χ2v) is 7.90. The number of carbonyl (C=O) groups is 2. The normalized spacial score (nSPS) is 13.2. The Labute approximate surface area is 183 Å². The molecule has 0 radical (unpaired) electrons. The zero-order valence-corrected chi connectivity index (χ0v) is 17.8. The smallest absolute Gasteiger partial charge is 0.258 e. The van der Waals surface area contributed by atoms with Gasteiger partial charge >= 0.3 is 0 Å². The van der Waals surface area contributed by atoms with Crippen LogP contribution in [0.1, 0.15) is 34.5 Å². The Kier molecular flexibility index (Phi) is 5.99. The Hall–Kier alpha value is -2.54. The fourth-order valence-corrected chi connectivity index (χ4v) is 4.33. The van der Waals surface area contributed by atoms with Crippen LogP contribution in [0.4, 0.5) is 11.4 Å². The summed E-state index contributed by atoms with van der Waals surface area (Å²) in [4.78, 5) is 24.9. The van der Waals surface area contributed by atoms with E-state index in [9.17, 15) is 9.59 Å². The van der Waals surface area contributed by atoms with Gasteiger partial charge in [0.2, 0.25) is 5.91 Å². The zero-order valence-electron chi connectivity index (χ0n) is 16.3. The molecule has 2 N–H and O–H groups in total. The molecular weight excluding hydrogens is 427 g/mol. The molecule has 2 aromatic carbocycles. The number of halogens is 2. The van der Waals surface area contributed by atoms with Gasteiger partial charge in [-0.05, 0) is 37.5 Å². The van der Waals surface area contributed by atoms with Crippen LogP contribution in [0.3, 0.4) is 0 Å². The van der Waals surface area contributed by atoms with Gasteiger partial charge in [0.05, 0.1) is 27.0 Å². The molecule has 0 atom stereocenters. The van der Waals surface area contributed by atoms with E-state index in [1.807, 2.05) is 12.1 Å². The number of methoxy groups -OCH3 is 1. The maximum absolute atomic E-state index is 13.0. The zero-order chi connectivity index (χ0) is 21.3. The van der Waals surface area contributed by atoms with Crippen molar-refractivity contribution in [3.05, 3.63) is 57.3 Å². The SMILES string of the molecule is COCC(=O)Nc1ccc(Cl)c(C(=O)Nc2cccc3c4c(oc23)CCCC4)c1Cl. The summed E-state index contributed by atoms with van der Waals surface area (Å²) in [5, 5.41) is 6.71. The van der Waals surface area contributed by atoms with Crippen molar-refractivity contribution in [3.63, 3.8) is 0 Å². The number of furan rings is 1. The summed E-state index contributed by atoms with van der Waals surface area (Å²) in [6, 6.07) is 8.71. The molecule has 6 nitrogen and oxygen atoms in total. The molecule has 4 rings (SSSR count). The van der Waals surface area contributed by atoms with Crippen molar-refractivity contribution in [2.75, 3.05) is 24.4 Å². The van der Waals surface area contributed by atoms with Crippen molar-refractivity contribution < 1.29 is 18.7 Å². The van der Waals surface area contributed by atoms with Crippen LogP contribution in [0.25, 0.3) is 11.0 Å².